The topological polar surface area (TPSA) is 29.9 Å². The Morgan fingerprint density at radius 1 is 1.47 bits per heavy atom. The van der Waals surface area contributed by atoms with Crippen molar-refractivity contribution in [2.45, 2.75) is 45.1 Å². The molecule has 0 aliphatic rings. The van der Waals surface area contributed by atoms with Crippen LogP contribution < -0.4 is 5.32 Å². The SMILES string of the molecule is C=CCCCCCC(NCC)c1cn(C)cn1. The molecular weight excluding hydrogens is 210 g/mol. The van der Waals surface area contributed by atoms with E-state index >= 15 is 0 Å². The lowest BCUT2D eigenvalue weighted by Gasteiger charge is -2.15. The molecule has 3 heteroatoms. The average Bonchev–Trinajstić information content (AvgIpc) is 2.74. The second-order valence-electron chi connectivity index (χ2n) is 4.50. The van der Waals surface area contributed by atoms with Crippen molar-refractivity contribution < 1.29 is 0 Å². The maximum atomic E-state index is 4.43. The molecule has 17 heavy (non-hydrogen) atoms. The third kappa shape index (κ3) is 5.18. The number of hydrogen-bond acceptors (Lipinski definition) is 2. The minimum Gasteiger partial charge on any atom is -0.340 e. The van der Waals surface area contributed by atoms with Gasteiger partial charge < -0.3 is 9.88 Å². The molecule has 3 nitrogen and oxygen atoms in total. The second-order valence-corrected chi connectivity index (χ2v) is 4.50. The molecular formula is C14H25N3. The lowest BCUT2D eigenvalue weighted by atomic mass is 10.0. The summed E-state index contributed by atoms with van der Waals surface area (Å²) < 4.78 is 2.01. The predicted octanol–water partition coefficient (Wildman–Crippen LogP) is 3.21. The minimum absolute atomic E-state index is 0.407. The molecule has 0 spiro atoms. The molecule has 1 rings (SSSR count). The highest BCUT2D eigenvalue weighted by Gasteiger charge is 2.11. The summed E-state index contributed by atoms with van der Waals surface area (Å²) in [4.78, 5) is 4.43. The smallest absolute Gasteiger partial charge is 0.0947 e. The zero-order chi connectivity index (χ0) is 12.5. The van der Waals surface area contributed by atoms with Crippen LogP contribution in [0.4, 0.5) is 0 Å². The zero-order valence-corrected chi connectivity index (χ0v) is 11.2. The number of imidazole rings is 1. The second kappa shape index (κ2) is 8.07. The molecule has 0 radical (unpaired) electrons. The van der Waals surface area contributed by atoms with E-state index in [-0.39, 0.29) is 0 Å². The molecule has 0 aliphatic carbocycles. The van der Waals surface area contributed by atoms with E-state index in [0.717, 1.165) is 18.7 Å². The molecule has 0 saturated carbocycles. The van der Waals surface area contributed by atoms with Gasteiger partial charge in [0.2, 0.25) is 0 Å². The van der Waals surface area contributed by atoms with Crippen LogP contribution in [0, 0.1) is 0 Å². The maximum Gasteiger partial charge on any atom is 0.0947 e. The number of hydrogen-bond donors (Lipinski definition) is 1. The summed E-state index contributed by atoms with van der Waals surface area (Å²) in [6.45, 7) is 6.89. The van der Waals surface area contributed by atoms with Crippen LogP contribution in [0.3, 0.4) is 0 Å². The molecule has 0 fully saturated rings. The summed E-state index contributed by atoms with van der Waals surface area (Å²) in [6, 6.07) is 0.407. The first-order valence-corrected chi connectivity index (χ1v) is 6.60. The fourth-order valence-electron chi connectivity index (χ4n) is 2.03. The number of nitrogens with zero attached hydrogens (tertiary/aromatic N) is 2. The van der Waals surface area contributed by atoms with E-state index in [9.17, 15) is 0 Å². The van der Waals surface area contributed by atoms with Gasteiger partial charge in [-0.1, -0.05) is 25.8 Å². The number of rotatable bonds is 9. The van der Waals surface area contributed by atoms with E-state index in [1.165, 1.54) is 25.7 Å². The van der Waals surface area contributed by atoms with E-state index in [2.05, 4.69) is 30.0 Å². The van der Waals surface area contributed by atoms with E-state index in [0.29, 0.717) is 6.04 Å². The summed E-state index contributed by atoms with van der Waals surface area (Å²) in [7, 11) is 2.02. The van der Waals surface area contributed by atoms with E-state index in [4.69, 9.17) is 0 Å². The number of allylic oxidation sites excluding steroid dienone is 1. The van der Waals surface area contributed by atoms with Gasteiger partial charge in [-0.25, -0.2) is 4.98 Å². The monoisotopic (exact) mass is 235 g/mol. The Balaban J connectivity index is 2.35. The van der Waals surface area contributed by atoms with Gasteiger partial charge >= 0.3 is 0 Å². The first kappa shape index (κ1) is 14.0. The molecule has 0 saturated heterocycles. The molecule has 1 unspecified atom stereocenters. The molecule has 1 heterocycles. The van der Waals surface area contributed by atoms with Crippen LogP contribution in [-0.4, -0.2) is 16.1 Å². The highest BCUT2D eigenvalue weighted by molar-refractivity contribution is 5.03. The summed E-state index contributed by atoms with van der Waals surface area (Å²) in [5, 5.41) is 3.51. The van der Waals surface area contributed by atoms with Gasteiger partial charge in [-0.05, 0) is 25.8 Å². The molecule has 1 aromatic heterocycles. The van der Waals surface area contributed by atoms with E-state index in [1.807, 2.05) is 24.0 Å². The Morgan fingerprint density at radius 3 is 2.88 bits per heavy atom. The van der Waals surface area contributed by atoms with E-state index < -0.39 is 0 Å². The summed E-state index contributed by atoms with van der Waals surface area (Å²) >= 11 is 0. The average molecular weight is 235 g/mol. The van der Waals surface area contributed by atoms with Gasteiger partial charge in [-0.3, -0.25) is 0 Å². The van der Waals surface area contributed by atoms with Crippen LogP contribution in [0.25, 0.3) is 0 Å². The third-order valence-electron chi connectivity index (χ3n) is 2.93. The van der Waals surface area contributed by atoms with Gasteiger partial charge in [-0.15, -0.1) is 6.58 Å². The van der Waals surface area contributed by atoms with Gasteiger partial charge in [0.25, 0.3) is 0 Å². The van der Waals surface area contributed by atoms with Gasteiger partial charge in [0, 0.05) is 13.2 Å². The van der Waals surface area contributed by atoms with Crippen LogP contribution in [-0.2, 0) is 7.05 Å². The Morgan fingerprint density at radius 2 is 2.29 bits per heavy atom. The Labute approximate surface area is 105 Å². The van der Waals surface area contributed by atoms with Crippen molar-refractivity contribution in [3.05, 3.63) is 30.9 Å². The first-order chi connectivity index (χ1) is 8.27. The van der Waals surface area contributed by atoms with Crippen LogP contribution in [0.1, 0.15) is 50.8 Å². The van der Waals surface area contributed by atoms with Crippen molar-refractivity contribution in [2.24, 2.45) is 7.05 Å². The first-order valence-electron chi connectivity index (χ1n) is 6.60. The fraction of sp³-hybridized carbons (Fsp3) is 0.643. The lowest BCUT2D eigenvalue weighted by molar-refractivity contribution is 0.475. The Kier molecular flexibility index (Phi) is 6.63. The van der Waals surface area contributed by atoms with Gasteiger partial charge in [-0.2, -0.15) is 0 Å². The number of aryl methyl sites for hydroxylation is 1. The molecule has 0 aliphatic heterocycles. The largest absolute Gasteiger partial charge is 0.340 e. The van der Waals surface area contributed by atoms with Gasteiger partial charge in [0.05, 0.1) is 18.1 Å². The molecule has 0 aromatic carbocycles. The van der Waals surface area contributed by atoms with Crippen LogP contribution in [0.2, 0.25) is 0 Å². The highest BCUT2D eigenvalue weighted by Crippen LogP contribution is 2.18. The molecule has 96 valence electrons. The quantitative estimate of drug-likeness (QED) is 0.526. The van der Waals surface area contributed by atoms with Crippen molar-refractivity contribution in [2.75, 3.05) is 6.54 Å². The lowest BCUT2D eigenvalue weighted by Crippen LogP contribution is -2.21. The normalized spacial score (nSPS) is 12.6. The van der Waals surface area contributed by atoms with Crippen molar-refractivity contribution >= 4 is 0 Å². The molecule has 1 atom stereocenters. The highest BCUT2D eigenvalue weighted by atomic mass is 15.0. The van der Waals surface area contributed by atoms with Crippen molar-refractivity contribution in [3.8, 4) is 0 Å². The van der Waals surface area contributed by atoms with Crippen molar-refractivity contribution in [3.63, 3.8) is 0 Å². The standard InChI is InChI=1S/C14H25N3/c1-4-6-7-8-9-10-13(15-5-2)14-11-17(3)12-16-14/h4,11-13,15H,1,5-10H2,2-3H3. The number of nitrogens with one attached hydrogen (secondary N) is 1. The summed E-state index contributed by atoms with van der Waals surface area (Å²) in [6.07, 6.45) is 12.1. The maximum absolute atomic E-state index is 4.43. The molecule has 0 amide bonds. The minimum atomic E-state index is 0.407. The number of aromatic nitrogens is 2. The fourth-order valence-corrected chi connectivity index (χ4v) is 2.03. The van der Waals surface area contributed by atoms with Crippen LogP contribution in [0.15, 0.2) is 25.2 Å². The van der Waals surface area contributed by atoms with Crippen molar-refractivity contribution in [1.82, 2.24) is 14.9 Å². The predicted molar refractivity (Wildman–Crippen MR) is 72.9 cm³/mol. The number of unbranched alkanes of at least 4 members (excludes halogenated alkanes) is 3. The molecule has 1 aromatic rings. The van der Waals surface area contributed by atoms with E-state index in [1.54, 1.807) is 0 Å². The van der Waals surface area contributed by atoms with Gasteiger partial charge in [0.15, 0.2) is 0 Å². The Bertz CT molecular complexity index is 317. The molecule has 0 bridgehead atoms. The Hall–Kier alpha value is -1.09. The van der Waals surface area contributed by atoms with Crippen LogP contribution >= 0.6 is 0 Å². The zero-order valence-electron chi connectivity index (χ0n) is 11.2. The van der Waals surface area contributed by atoms with Crippen molar-refractivity contribution in [1.29, 1.82) is 0 Å². The molecule has 1 N–H and O–H groups in total. The summed E-state index contributed by atoms with van der Waals surface area (Å²) in [5.74, 6) is 0. The third-order valence-corrected chi connectivity index (χ3v) is 2.93. The van der Waals surface area contributed by atoms with Gasteiger partial charge in [0.1, 0.15) is 0 Å². The van der Waals surface area contributed by atoms with Crippen LogP contribution in [0.5, 0.6) is 0 Å². The summed E-state index contributed by atoms with van der Waals surface area (Å²) in [5.41, 5.74) is 1.16.